The van der Waals surface area contributed by atoms with Gasteiger partial charge in [-0.15, -0.1) is 0 Å². The Balaban J connectivity index is 1.49. The number of anilines is 1. The number of ether oxygens (including phenoxy) is 2. The lowest BCUT2D eigenvalue weighted by atomic mass is 9.82. The zero-order valence-electron chi connectivity index (χ0n) is 23.2. The van der Waals surface area contributed by atoms with Crippen molar-refractivity contribution in [1.29, 1.82) is 0 Å². The highest BCUT2D eigenvalue weighted by Crippen LogP contribution is 2.53. The van der Waals surface area contributed by atoms with Crippen LogP contribution in [0.4, 0.5) is 5.69 Å². The molecule has 222 valence electrons. The van der Waals surface area contributed by atoms with Gasteiger partial charge >= 0.3 is 0 Å². The van der Waals surface area contributed by atoms with E-state index in [1.807, 2.05) is 0 Å². The molecule has 0 bridgehead atoms. The minimum absolute atomic E-state index is 0.00900. The number of para-hydroxylation sites is 1. The van der Waals surface area contributed by atoms with Crippen LogP contribution in [-0.2, 0) is 39.4 Å². The Hall–Kier alpha value is -3.62. The lowest BCUT2D eigenvalue weighted by Crippen LogP contribution is -2.53. The maximum atomic E-state index is 14.2. The zero-order valence-corrected chi connectivity index (χ0v) is 24.0. The summed E-state index contributed by atoms with van der Waals surface area (Å²) >= 11 is 0. The van der Waals surface area contributed by atoms with Gasteiger partial charge < -0.3 is 24.4 Å². The van der Waals surface area contributed by atoms with Crippen molar-refractivity contribution in [3.05, 3.63) is 65.2 Å². The number of aliphatic hydroxyl groups excluding tert-OH is 1. The van der Waals surface area contributed by atoms with Gasteiger partial charge in [-0.25, -0.2) is 8.42 Å². The molecule has 0 aromatic heterocycles. The molecule has 6 rings (SSSR count). The Morgan fingerprint density at radius 1 is 0.905 bits per heavy atom. The molecule has 3 fully saturated rings. The number of morpholine rings is 2. The molecule has 12 nitrogen and oxygen atoms in total. The first-order chi connectivity index (χ1) is 20.2. The summed E-state index contributed by atoms with van der Waals surface area (Å²) in [7, 11) is -2.36. The van der Waals surface area contributed by atoms with Crippen LogP contribution in [0.3, 0.4) is 0 Å². The molecule has 0 unspecified atom stereocenters. The summed E-state index contributed by atoms with van der Waals surface area (Å²) in [6.07, 6.45) is 0. The fourth-order valence-electron chi connectivity index (χ4n) is 6.22. The van der Waals surface area contributed by atoms with E-state index in [4.69, 9.17) is 9.47 Å². The summed E-state index contributed by atoms with van der Waals surface area (Å²) in [6.45, 7) is 3.72. The van der Waals surface area contributed by atoms with Crippen molar-refractivity contribution in [3.8, 4) is 0 Å². The first-order valence-electron chi connectivity index (χ1n) is 13.8. The molecule has 4 aliphatic rings. The third-order valence-corrected chi connectivity index (χ3v) is 10.3. The van der Waals surface area contributed by atoms with Crippen LogP contribution in [0.15, 0.2) is 59.0 Å². The third kappa shape index (κ3) is 4.34. The van der Waals surface area contributed by atoms with Crippen LogP contribution in [0, 0.1) is 0 Å². The van der Waals surface area contributed by atoms with Crippen molar-refractivity contribution in [3.63, 3.8) is 0 Å². The van der Waals surface area contributed by atoms with Gasteiger partial charge in [0, 0.05) is 63.1 Å². The van der Waals surface area contributed by atoms with Crippen LogP contribution in [0.2, 0.25) is 0 Å². The summed E-state index contributed by atoms with van der Waals surface area (Å²) in [5.74, 6) is -3.07. The van der Waals surface area contributed by atoms with Crippen LogP contribution >= 0.6 is 0 Å². The van der Waals surface area contributed by atoms with E-state index in [1.54, 1.807) is 31.3 Å². The van der Waals surface area contributed by atoms with E-state index in [9.17, 15) is 27.9 Å². The number of likely N-dealkylation sites (tertiary alicyclic amines) is 1. The average molecular weight is 597 g/mol. The molecular formula is C29H32N4O8S. The number of fused-ring (bicyclic) bond motifs is 2. The van der Waals surface area contributed by atoms with Crippen LogP contribution in [0.25, 0.3) is 5.76 Å². The summed E-state index contributed by atoms with van der Waals surface area (Å²) in [6, 6.07) is 12.5. The second-order valence-corrected chi connectivity index (χ2v) is 12.5. The van der Waals surface area contributed by atoms with Gasteiger partial charge in [-0.05, 0) is 18.2 Å². The predicted molar refractivity (Wildman–Crippen MR) is 151 cm³/mol. The van der Waals surface area contributed by atoms with E-state index in [-0.39, 0.29) is 48.9 Å². The summed E-state index contributed by atoms with van der Waals surface area (Å²) in [4.78, 5) is 46.3. The molecule has 1 spiro atoms. The van der Waals surface area contributed by atoms with Crippen LogP contribution in [0.1, 0.15) is 11.1 Å². The number of sulfonamides is 1. The molecule has 13 heteroatoms. The van der Waals surface area contributed by atoms with Gasteiger partial charge in [-0.2, -0.15) is 4.31 Å². The number of Topliss-reactive ketones (excluding diaryl/α,β-unsaturated/α-hetero) is 1. The van der Waals surface area contributed by atoms with Gasteiger partial charge in [-0.3, -0.25) is 19.3 Å². The highest BCUT2D eigenvalue weighted by atomic mass is 32.2. The second-order valence-electron chi connectivity index (χ2n) is 10.6. The number of hydrogen-bond donors (Lipinski definition) is 1. The number of amides is 2. The minimum Gasteiger partial charge on any atom is -0.507 e. The fraction of sp³-hybridized carbons (Fsp3) is 0.414. The number of benzene rings is 2. The topological polar surface area (TPSA) is 137 Å². The largest absolute Gasteiger partial charge is 0.507 e. The van der Waals surface area contributed by atoms with Gasteiger partial charge in [0.1, 0.15) is 5.76 Å². The average Bonchev–Trinajstić information content (AvgIpc) is 3.38. The maximum Gasteiger partial charge on any atom is 0.296 e. The lowest BCUT2D eigenvalue weighted by Gasteiger charge is -2.36. The summed E-state index contributed by atoms with van der Waals surface area (Å²) < 4.78 is 38.7. The van der Waals surface area contributed by atoms with E-state index < -0.39 is 38.9 Å². The van der Waals surface area contributed by atoms with Crippen LogP contribution in [0.5, 0.6) is 0 Å². The number of carbonyl (C=O) groups is 3. The van der Waals surface area contributed by atoms with Crippen molar-refractivity contribution in [2.75, 3.05) is 77.6 Å². The number of likely N-dealkylation sites (N-methyl/N-ethyl adjacent to an activating group) is 1. The predicted octanol–water partition coefficient (Wildman–Crippen LogP) is 0.592. The number of carbonyl (C=O) groups excluding carboxylic acids is 3. The normalized spacial score (nSPS) is 25.0. The number of aliphatic hydroxyl groups is 1. The van der Waals surface area contributed by atoms with E-state index in [1.165, 1.54) is 38.4 Å². The molecule has 3 saturated heterocycles. The van der Waals surface area contributed by atoms with Gasteiger partial charge in [0.2, 0.25) is 10.0 Å². The zero-order chi connectivity index (χ0) is 29.6. The maximum absolute atomic E-state index is 14.2. The number of rotatable bonds is 6. The first-order valence-corrected chi connectivity index (χ1v) is 15.3. The van der Waals surface area contributed by atoms with E-state index in [2.05, 4.69) is 4.90 Å². The molecule has 2 amide bonds. The Morgan fingerprint density at radius 2 is 1.57 bits per heavy atom. The molecule has 0 radical (unpaired) electrons. The SMILES string of the molecule is CN1C(=O)[C@@]2(C(=C(O)c3cccc(S(=O)(=O)N4CCOCC4)c3)C(=O)C(=O)N2CCN2CCOCC2)c2ccccc21. The smallest absolute Gasteiger partial charge is 0.296 e. The molecule has 2 aromatic rings. The molecule has 0 aliphatic carbocycles. The fourth-order valence-corrected chi connectivity index (χ4v) is 7.68. The van der Waals surface area contributed by atoms with Crippen LogP contribution in [-0.4, -0.2) is 118 Å². The summed E-state index contributed by atoms with van der Waals surface area (Å²) in [5, 5.41) is 11.8. The second kappa shape index (κ2) is 10.9. The molecule has 4 aliphatic heterocycles. The molecule has 0 saturated carbocycles. The van der Waals surface area contributed by atoms with Crippen molar-refractivity contribution < 1.29 is 37.4 Å². The molecule has 4 heterocycles. The van der Waals surface area contributed by atoms with E-state index >= 15 is 0 Å². The highest BCUT2D eigenvalue weighted by Gasteiger charge is 2.66. The number of ketones is 1. The molecular weight excluding hydrogens is 564 g/mol. The standard InChI is InChI=1S/C29H32N4O8S/c1-30-23-8-3-2-7-22(23)29(28(30)37)24(26(35)27(36)33(29)10-9-31-11-15-40-16-12-31)25(34)20-5-4-6-21(19-20)42(38,39)32-13-17-41-18-14-32/h2-8,19,34H,9-18H2,1H3/t29-/m0/s1. The van der Waals surface area contributed by atoms with Crippen molar-refractivity contribution in [1.82, 2.24) is 14.1 Å². The quantitative estimate of drug-likeness (QED) is 0.289. The minimum atomic E-state index is -3.93. The molecule has 2 aromatic carbocycles. The van der Waals surface area contributed by atoms with E-state index in [0.717, 1.165) is 0 Å². The van der Waals surface area contributed by atoms with Crippen molar-refractivity contribution in [2.45, 2.75) is 10.4 Å². The third-order valence-electron chi connectivity index (χ3n) is 8.40. The Morgan fingerprint density at radius 3 is 2.29 bits per heavy atom. The van der Waals surface area contributed by atoms with Crippen molar-refractivity contribution in [2.24, 2.45) is 0 Å². The lowest BCUT2D eigenvalue weighted by molar-refractivity contribution is -0.144. The van der Waals surface area contributed by atoms with Gasteiger partial charge in [-0.1, -0.05) is 30.3 Å². The van der Waals surface area contributed by atoms with Gasteiger partial charge in [0.15, 0.2) is 5.54 Å². The Bertz CT molecular complexity index is 1580. The van der Waals surface area contributed by atoms with E-state index in [0.29, 0.717) is 44.1 Å². The van der Waals surface area contributed by atoms with Gasteiger partial charge in [0.05, 0.1) is 36.9 Å². The molecule has 42 heavy (non-hydrogen) atoms. The monoisotopic (exact) mass is 596 g/mol. The van der Waals surface area contributed by atoms with Crippen molar-refractivity contribution >= 4 is 39.1 Å². The first kappa shape index (κ1) is 28.5. The molecule has 1 atom stereocenters. The summed E-state index contributed by atoms with van der Waals surface area (Å²) in [5.41, 5.74) is -1.37. The number of nitrogens with zero attached hydrogens (tertiary/aromatic N) is 4. The van der Waals surface area contributed by atoms with Crippen LogP contribution < -0.4 is 4.90 Å². The Labute approximate surface area is 243 Å². The van der Waals surface area contributed by atoms with Gasteiger partial charge in [0.25, 0.3) is 17.6 Å². The number of hydrogen-bond acceptors (Lipinski definition) is 9. The molecule has 1 N–H and O–H groups in total. The highest BCUT2D eigenvalue weighted by molar-refractivity contribution is 7.89. The Kier molecular flexibility index (Phi) is 7.39.